The number of amides is 2. The van der Waals surface area contributed by atoms with Crippen LogP contribution in [0.4, 0.5) is 10.1 Å². The number of aryl methyl sites for hydroxylation is 1. The van der Waals surface area contributed by atoms with Gasteiger partial charge in [-0.05, 0) is 80.8 Å². The molecule has 0 unspecified atom stereocenters. The summed E-state index contributed by atoms with van der Waals surface area (Å²) in [6, 6.07) is 17.9. The summed E-state index contributed by atoms with van der Waals surface area (Å²) >= 11 is 3.37. The van der Waals surface area contributed by atoms with Crippen LogP contribution in [0.15, 0.2) is 82.2 Å². The van der Waals surface area contributed by atoms with Crippen molar-refractivity contribution in [2.45, 2.75) is 63.1 Å². The molecule has 2 amide bonds. The van der Waals surface area contributed by atoms with Gasteiger partial charge >= 0.3 is 0 Å². The Bertz CT molecular complexity index is 1430. The number of hydrogen-bond donors (Lipinski definition) is 1. The molecule has 1 atom stereocenters. The molecule has 0 radical (unpaired) electrons. The van der Waals surface area contributed by atoms with Crippen molar-refractivity contribution in [1.82, 2.24) is 10.2 Å². The molecule has 7 nitrogen and oxygen atoms in total. The van der Waals surface area contributed by atoms with Crippen molar-refractivity contribution in [3.63, 3.8) is 0 Å². The molecule has 212 valence electrons. The molecule has 0 heterocycles. The van der Waals surface area contributed by atoms with Gasteiger partial charge in [0.05, 0.1) is 10.6 Å². The van der Waals surface area contributed by atoms with Crippen LogP contribution >= 0.6 is 15.9 Å². The molecular formula is C30H33BrFN3O4S. The lowest BCUT2D eigenvalue weighted by molar-refractivity contribution is -0.139. The largest absolute Gasteiger partial charge is 0.352 e. The normalized spacial score (nSPS) is 14.5. The summed E-state index contributed by atoms with van der Waals surface area (Å²) in [5.74, 6) is -1.28. The molecule has 0 aliphatic heterocycles. The van der Waals surface area contributed by atoms with E-state index >= 15 is 0 Å². The minimum atomic E-state index is -4.13. The van der Waals surface area contributed by atoms with E-state index in [1.54, 1.807) is 55.5 Å². The van der Waals surface area contributed by atoms with Crippen LogP contribution in [-0.2, 0) is 26.2 Å². The van der Waals surface area contributed by atoms with Gasteiger partial charge in [0.2, 0.25) is 11.8 Å². The van der Waals surface area contributed by atoms with Crippen LogP contribution in [-0.4, -0.2) is 43.8 Å². The lowest BCUT2D eigenvalue weighted by Crippen LogP contribution is -2.52. The van der Waals surface area contributed by atoms with Gasteiger partial charge in [0, 0.05) is 17.1 Å². The zero-order valence-corrected chi connectivity index (χ0v) is 24.9. The third-order valence-electron chi connectivity index (χ3n) is 7.14. The topological polar surface area (TPSA) is 86.8 Å². The Kier molecular flexibility index (Phi) is 9.63. The highest BCUT2D eigenvalue weighted by Crippen LogP contribution is 2.26. The van der Waals surface area contributed by atoms with Gasteiger partial charge in [-0.3, -0.25) is 13.9 Å². The monoisotopic (exact) mass is 629 g/mol. The molecule has 40 heavy (non-hydrogen) atoms. The van der Waals surface area contributed by atoms with E-state index in [0.717, 1.165) is 40.0 Å². The summed E-state index contributed by atoms with van der Waals surface area (Å²) in [5.41, 5.74) is 1.83. The first-order valence-electron chi connectivity index (χ1n) is 13.2. The van der Waals surface area contributed by atoms with Crippen LogP contribution in [0.1, 0.15) is 43.7 Å². The second kappa shape index (κ2) is 13.0. The van der Waals surface area contributed by atoms with Crippen molar-refractivity contribution in [3.8, 4) is 0 Å². The van der Waals surface area contributed by atoms with Crippen LogP contribution in [0.25, 0.3) is 0 Å². The quantitative estimate of drug-likeness (QED) is 0.318. The molecule has 0 saturated heterocycles. The molecular weight excluding hydrogens is 597 g/mol. The average Bonchev–Trinajstić information content (AvgIpc) is 3.44. The van der Waals surface area contributed by atoms with Crippen molar-refractivity contribution in [1.29, 1.82) is 0 Å². The maximum Gasteiger partial charge on any atom is 0.264 e. The Morgan fingerprint density at radius 1 is 0.975 bits per heavy atom. The van der Waals surface area contributed by atoms with Crippen molar-refractivity contribution in [2.75, 3.05) is 10.8 Å². The van der Waals surface area contributed by atoms with E-state index in [0.29, 0.717) is 11.3 Å². The third-order valence-corrected chi connectivity index (χ3v) is 9.45. The molecule has 0 aromatic heterocycles. The van der Waals surface area contributed by atoms with Gasteiger partial charge in [0.15, 0.2) is 0 Å². The predicted octanol–water partition coefficient (Wildman–Crippen LogP) is 5.57. The fraction of sp³-hybridized carbons (Fsp3) is 0.333. The van der Waals surface area contributed by atoms with Gasteiger partial charge in [-0.25, -0.2) is 12.8 Å². The number of rotatable bonds is 10. The van der Waals surface area contributed by atoms with E-state index in [2.05, 4.69) is 21.2 Å². The number of anilines is 1. The Labute approximate surface area is 243 Å². The number of hydrogen-bond acceptors (Lipinski definition) is 4. The van der Waals surface area contributed by atoms with Crippen LogP contribution in [0.3, 0.4) is 0 Å². The van der Waals surface area contributed by atoms with Crippen LogP contribution < -0.4 is 9.62 Å². The Balaban J connectivity index is 1.67. The minimum Gasteiger partial charge on any atom is -0.352 e. The number of sulfonamides is 1. The molecule has 10 heteroatoms. The van der Waals surface area contributed by atoms with Crippen molar-refractivity contribution >= 4 is 43.5 Å². The molecule has 1 saturated carbocycles. The van der Waals surface area contributed by atoms with E-state index < -0.39 is 34.3 Å². The van der Waals surface area contributed by atoms with Crippen LogP contribution in [0.2, 0.25) is 0 Å². The average molecular weight is 631 g/mol. The summed E-state index contributed by atoms with van der Waals surface area (Å²) in [7, 11) is -4.13. The number of nitrogens with one attached hydrogen (secondary N) is 1. The van der Waals surface area contributed by atoms with Gasteiger partial charge < -0.3 is 10.2 Å². The van der Waals surface area contributed by atoms with Gasteiger partial charge in [0.1, 0.15) is 18.4 Å². The fourth-order valence-electron chi connectivity index (χ4n) is 4.73. The summed E-state index contributed by atoms with van der Waals surface area (Å²) in [4.78, 5) is 28.6. The van der Waals surface area contributed by atoms with Gasteiger partial charge in [0.25, 0.3) is 10.0 Å². The maximum atomic E-state index is 13.9. The number of nitrogens with zero attached hydrogens (tertiary/aromatic N) is 2. The summed E-state index contributed by atoms with van der Waals surface area (Å²) in [5, 5.41) is 3.03. The molecule has 1 fully saturated rings. The van der Waals surface area contributed by atoms with E-state index in [-0.39, 0.29) is 23.4 Å². The third kappa shape index (κ3) is 7.28. The first-order valence-corrected chi connectivity index (χ1v) is 15.5. The van der Waals surface area contributed by atoms with Crippen molar-refractivity contribution in [3.05, 3.63) is 94.2 Å². The molecule has 1 aliphatic rings. The van der Waals surface area contributed by atoms with Gasteiger partial charge in [-0.15, -0.1) is 0 Å². The van der Waals surface area contributed by atoms with E-state index in [9.17, 15) is 22.4 Å². The molecule has 3 aromatic rings. The fourth-order valence-corrected chi connectivity index (χ4v) is 6.41. The second-order valence-corrected chi connectivity index (χ2v) is 12.9. The molecule has 0 bridgehead atoms. The summed E-state index contributed by atoms with van der Waals surface area (Å²) < 4.78 is 43.1. The number of benzene rings is 3. The molecule has 1 aliphatic carbocycles. The standard InChI is InChI=1S/C30H33BrFN3O4S/c1-21-7-17-28(18-8-21)40(38,39)35(27-15-11-24(31)12-16-27)20-29(36)34(19-23-9-13-25(32)14-10-23)22(2)30(37)33-26-5-3-4-6-26/h7-18,22,26H,3-6,19-20H2,1-2H3,(H,33,37)/t22-/m0/s1. The molecule has 4 rings (SSSR count). The zero-order chi connectivity index (χ0) is 28.9. The highest BCUT2D eigenvalue weighted by atomic mass is 79.9. The van der Waals surface area contributed by atoms with Crippen LogP contribution in [0, 0.1) is 12.7 Å². The Hall–Kier alpha value is -3.24. The lowest BCUT2D eigenvalue weighted by Gasteiger charge is -2.32. The first kappa shape index (κ1) is 29.7. The second-order valence-electron chi connectivity index (χ2n) is 10.1. The van der Waals surface area contributed by atoms with Gasteiger partial charge in [-0.2, -0.15) is 0 Å². The summed E-state index contributed by atoms with van der Waals surface area (Å²) in [6.45, 7) is 2.97. The van der Waals surface area contributed by atoms with Crippen LogP contribution in [0.5, 0.6) is 0 Å². The van der Waals surface area contributed by atoms with Crippen molar-refractivity contribution in [2.24, 2.45) is 0 Å². The maximum absolute atomic E-state index is 13.9. The predicted molar refractivity (Wildman–Crippen MR) is 157 cm³/mol. The number of carbonyl (C=O) groups excluding carboxylic acids is 2. The minimum absolute atomic E-state index is 0.0110. The van der Waals surface area contributed by atoms with Crippen molar-refractivity contribution < 1.29 is 22.4 Å². The smallest absolute Gasteiger partial charge is 0.264 e. The SMILES string of the molecule is Cc1ccc(S(=O)(=O)N(CC(=O)N(Cc2ccc(F)cc2)[C@@H](C)C(=O)NC2CCCC2)c2ccc(Br)cc2)cc1. The Morgan fingerprint density at radius 2 is 1.57 bits per heavy atom. The lowest BCUT2D eigenvalue weighted by atomic mass is 10.1. The number of halogens is 2. The molecule has 3 aromatic carbocycles. The molecule has 1 N–H and O–H groups in total. The number of carbonyl (C=O) groups is 2. The van der Waals surface area contributed by atoms with Gasteiger partial charge in [-0.1, -0.05) is 58.6 Å². The Morgan fingerprint density at radius 3 is 2.17 bits per heavy atom. The highest BCUT2D eigenvalue weighted by Gasteiger charge is 2.33. The summed E-state index contributed by atoms with van der Waals surface area (Å²) in [6.07, 6.45) is 3.85. The van der Waals surface area contributed by atoms with E-state index in [1.807, 2.05) is 6.92 Å². The van der Waals surface area contributed by atoms with E-state index in [1.165, 1.54) is 29.2 Å². The molecule has 0 spiro atoms. The van der Waals surface area contributed by atoms with E-state index in [4.69, 9.17) is 0 Å². The first-order chi connectivity index (χ1) is 19.0. The zero-order valence-electron chi connectivity index (χ0n) is 22.5. The highest BCUT2D eigenvalue weighted by molar-refractivity contribution is 9.10.